The minimum atomic E-state index is -0.337. The number of hydrogen-bond donors (Lipinski definition) is 1. The first kappa shape index (κ1) is 15.7. The Morgan fingerprint density at radius 3 is 2.68 bits per heavy atom. The Morgan fingerprint density at radius 1 is 1.28 bits per heavy atom. The zero-order chi connectivity index (χ0) is 17.4. The maximum atomic E-state index is 12.6. The van der Waals surface area contributed by atoms with Gasteiger partial charge in [0.05, 0.1) is 6.26 Å². The molecule has 7 nitrogen and oxygen atoms in total. The highest BCUT2D eigenvalue weighted by Gasteiger charge is 2.31. The van der Waals surface area contributed by atoms with Crippen molar-refractivity contribution in [1.29, 1.82) is 0 Å². The van der Waals surface area contributed by atoms with Crippen LogP contribution in [0.3, 0.4) is 0 Å². The summed E-state index contributed by atoms with van der Waals surface area (Å²) in [6, 6.07) is 10.4. The van der Waals surface area contributed by atoms with Gasteiger partial charge in [-0.25, -0.2) is 9.48 Å². The second-order valence-corrected chi connectivity index (χ2v) is 6.33. The van der Waals surface area contributed by atoms with Crippen LogP contribution in [-0.2, 0) is 11.3 Å². The second-order valence-electron chi connectivity index (χ2n) is 5.90. The van der Waals surface area contributed by atoms with Gasteiger partial charge in [0.1, 0.15) is 6.54 Å². The first-order chi connectivity index (χ1) is 12.1. The fraction of sp³-hybridized carbons (Fsp3) is 0.235. The molecule has 128 valence electrons. The van der Waals surface area contributed by atoms with E-state index in [1.807, 2.05) is 0 Å². The van der Waals surface area contributed by atoms with Gasteiger partial charge >= 0.3 is 5.69 Å². The van der Waals surface area contributed by atoms with E-state index >= 15 is 0 Å². The quantitative estimate of drug-likeness (QED) is 0.760. The number of aromatic nitrogens is 3. The van der Waals surface area contributed by atoms with Gasteiger partial charge in [-0.1, -0.05) is 11.6 Å². The fourth-order valence-corrected chi connectivity index (χ4v) is 2.75. The van der Waals surface area contributed by atoms with Gasteiger partial charge in [0.25, 0.3) is 0 Å². The third-order valence-corrected chi connectivity index (χ3v) is 4.20. The van der Waals surface area contributed by atoms with E-state index < -0.39 is 0 Å². The van der Waals surface area contributed by atoms with E-state index in [1.165, 1.54) is 10.9 Å². The topological polar surface area (TPSA) is 82.1 Å². The number of amides is 1. The molecule has 0 radical (unpaired) electrons. The molecule has 25 heavy (non-hydrogen) atoms. The van der Waals surface area contributed by atoms with Crippen LogP contribution in [0.5, 0.6) is 0 Å². The summed E-state index contributed by atoms with van der Waals surface area (Å²) in [6.07, 6.45) is 3.38. The van der Waals surface area contributed by atoms with Crippen LogP contribution in [0.2, 0.25) is 5.02 Å². The molecule has 1 aliphatic rings. The molecule has 1 fully saturated rings. The van der Waals surface area contributed by atoms with Gasteiger partial charge < -0.3 is 9.73 Å². The average Bonchev–Trinajstić information content (AvgIpc) is 3.17. The molecule has 1 N–H and O–H groups in total. The summed E-state index contributed by atoms with van der Waals surface area (Å²) >= 11 is 5.82. The van der Waals surface area contributed by atoms with Gasteiger partial charge in [0.15, 0.2) is 5.76 Å². The molecule has 1 saturated carbocycles. The molecule has 1 aromatic carbocycles. The zero-order valence-electron chi connectivity index (χ0n) is 13.2. The number of rotatable bonds is 5. The number of benzene rings is 1. The van der Waals surface area contributed by atoms with Crippen LogP contribution < -0.4 is 11.0 Å². The fourth-order valence-electron chi connectivity index (χ4n) is 2.63. The predicted molar refractivity (Wildman–Crippen MR) is 92.5 cm³/mol. The van der Waals surface area contributed by atoms with Gasteiger partial charge in [0.2, 0.25) is 11.7 Å². The molecular weight excluding hydrogens is 344 g/mol. The summed E-state index contributed by atoms with van der Waals surface area (Å²) in [6.45, 7) is -0.172. The Hall–Kier alpha value is -2.80. The highest BCUT2D eigenvalue weighted by Crippen LogP contribution is 2.36. The van der Waals surface area contributed by atoms with E-state index in [0.29, 0.717) is 22.3 Å². The van der Waals surface area contributed by atoms with Crippen molar-refractivity contribution < 1.29 is 9.21 Å². The molecule has 2 heterocycles. The molecule has 0 unspecified atom stereocenters. The summed E-state index contributed by atoms with van der Waals surface area (Å²) in [7, 11) is 0. The lowest BCUT2D eigenvalue weighted by atomic mass is 10.3. The van der Waals surface area contributed by atoms with Gasteiger partial charge in [-0.15, -0.1) is 5.10 Å². The SMILES string of the molecule is O=C(Cn1nc(-c2ccco2)n(C2CC2)c1=O)Nc1ccc(Cl)cc1. The molecule has 0 aliphatic heterocycles. The van der Waals surface area contributed by atoms with Crippen molar-refractivity contribution in [3.8, 4) is 11.6 Å². The van der Waals surface area contributed by atoms with E-state index in [4.69, 9.17) is 16.0 Å². The number of anilines is 1. The maximum absolute atomic E-state index is 12.6. The Morgan fingerprint density at radius 2 is 2.04 bits per heavy atom. The number of hydrogen-bond acceptors (Lipinski definition) is 4. The molecule has 1 aliphatic carbocycles. The summed E-state index contributed by atoms with van der Waals surface area (Å²) < 4.78 is 8.14. The Bertz CT molecular complexity index is 953. The number of nitrogens with one attached hydrogen (secondary N) is 1. The van der Waals surface area contributed by atoms with Crippen LogP contribution in [0.15, 0.2) is 51.9 Å². The predicted octanol–water partition coefficient (Wildman–Crippen LogP) is 2.93. The third kappa shape index (κ3) is 3.23. The lowest BCUT2D eigenvalue weighted by Gasteiger charge is -2.04. The highest BCUT2D eigenvalue weighted by molar-refractivity contribution is 6.30. The van der Waals surface area contributed by atoms with Crippen molar-refractivity contribution in [3.05, 3.63) is 58.2 Å². The summed E-state index contributed by atoms with van der Waals surface area (Å²) in [4.78, 5) is 24.9. The highest BCUT2D eigenvalue weighted by atomic mass is 35.5. The van der Waals surface area contributed by atoms with Gasteiger partial charge in [0, 0.05) is 16.8 Å². The minimum Gasteiger partial charge on any atom is -0.461 e. The van der Waals surface area contributed by atoms with Gasteiger partial charge in [-0.3, -0.25) is 9.36 Å². The Balaban J connectivity index is 1.58. The largest absolute Gasteiger partial charge is 0.461 e. The average molecular weight is 359 g/mol. The molecular formula is C17H15ClN4O3. The number of carbonyl (C=O) groups excluding carboxylic acids is 1. The first-order valence-corrected chi connectivity index (χ1v) is 8.28. The van der Waals surface area contributed by atoms with Crippen LogP contribution in [0.1, 0.15) is 18.9 Å². The Kier molecular flexibility index (Phi) is 3.93. The standard InChI is InChI=1S/C17H15ClN4O3/c18-11-3-5-12(6-4-11)19-15(23)10-21-17(24)22(13-7-8-13)16(20-21)14-2-1-9-25-14/h1-6,9,13H,7-8,10H2,(H,19,23). The summed E-state index contributed by atoms with van der Waals surface area (Å²) in [5.41, 5.74) is 0.301. The van der Waals surface area contributed by atoms with Crippen LogP contribution in [0.25, 0.3) is 11.6 Å². The van der Waals surface area contributed by atoms with Gasteiger partial charge in [-0.05, 0) is 49.2 Å². The van der Waals surface area contributed by atoms with E-state index in [-0.39, 0.29) is 24.2 Å². The minimum absolute atomic E-state index is 0.126. The van der Waals surface area contributed by atoms with Crippen molar-refractivity contribution in [2.75, 3.05) is 5.32 Å². The number of nitrogens with zero attached hydrogens (tertiary/aromatic N) is 3. The van der Waals surface area contributed by atoms with E-state index in [9.17, 15) is 9.59 Å². The van der Waals surface area contributed by atoms with Gasteiger partial charge in [-0.2, -0.15) is 0 Å². The van der Waals surface area contributed by atoms with Crippen LogP contribution in [0, 0.1) is 0 Å². The molecule has 1 amide bonds. The summed E-state index contributed by atoms with van der Waals surface area (Å²) in [5.74, 6) is 0.633. The van der Waals surface area contributed by atoms with Crippen molar-refractivity contribution in [2.45, 2.75) is 25.4 Å². The van der Waals surface area contributed by atoms with Crippen molar-refractivity contribution in [3.63, 3.8) is 0 Å². The normalized spacial score (nSPS) is 13.8. The van der Waals surface area contributed by atoms with Crippen molar-refractivity contribution in [2.24, 2.45) is 0 Å². The smallest absolute Gasteiger partial charge is 0.347 e. The van der Waals surface area contributed by atoms with Crippen molar-refractivity contribution >= 4 is 23.2 Å². The molecule has 3 aromatic rings. The number of halogens is 1. The molecule has 8 heteroatoms. The maximum Gasteiger partial charge on any atom is 0.347 e. The molecule has 0 saturated heterocycles. The lowest BCUT2D eigenvalue weighted by molar-refractivity contribution is -0.117. The van der Waals surface area contributed by atoms with E-state index in [1.54, 1.807) is 41.0 Å². The molecule has 0 spiro atoms. The summed E-state index contributed by atoms with van der Waals surface area (Å²) in [5, 5.41) is 7.61. The van der Waals surface area contributed by atoms with Crippen LogP contribution >= 0.6 is 11.6 Å². The number of furan rings is 1. The first-order valence-electron chi connectivity index (χ1n) is 7.90. The van der Waals surface area contributed by atoms with Crippen LogP contribution in [-0.4, -0.2) is 20.3 Å². The Labute approximate surface area is 147 Å². The third-order valence-electron chi connectivity index (χ3n) is 3.95. The monoisotopic (exact) mass is 358 g/mol. The molecule has 0 atom stereocenters. The molecule has 2 aromatic heterocycles. The van der Waals surface area contributed by atoms with E-state index in [2.05, 4.69) is 10.4 Å². The zero-order valence-corrected chi connectivity index (χ0v) is 13.9. The second kappa shape index (κ2) is 6.25. The van der Waals surface area contributed by atoms with Crippen molar-refractivity contribution in [1.82, 2.24) is 14.3 Å². The van der Waals surface area contributed by atoms with Crippen LogP contribution in [0.4, 0.5) is 5.69 Å². The molecule has 0 bridgehead atoms. The molecule has 4 rings (SSSR count). The van der Waals surface area contributed by atoms with E-state index in [0.717, 1.165) is 12.8 Å². The lowest BCUT2D eigenvalue weighted by Crippen LogP contribution is -2.30. The number of carbonyl (C=O) groups is 1.